The number of nitrogens with zero attached hydrogens (tertiary/aromatic N) is 2. The van der Waals surface area contributed by atoms with Gasteiger partial charge in [0.25, 0.3) is 5.56 Å². The van der Waals surface area contributed by atoms with Crippen molar-refractivity contribution in [2.75, 3.05) is 14.2 Å². The van der Waals surface area contributed by atoms with Gasteiger partial charge < -0.3 is 14.8 Å². The molecule has 0 fully saturated rings. The van der Waals surface area contributed by atoms with Gasteiger partial charge in [-0.05, 0) is 35.7 Å². The van der Waals surface area contributed by atoms with Crippen molar-refractivity contribution in [2.24, 2.45) is 0 Å². The molecule has 1 heterocycles. The molecule has 1 unspecified atom stereocenters. The molecule has 0 aliphatic rings. The third-order valence-corrected chi connectivity index (χ3v) is 6.03. The average molecular weight is 492 g/mol. The van der Waals surface area contributed by atoms with Crippen LogP contribution in [0.1, 0.15) is 30.0 Å². The number of aryl methyl sites for hydroxylation is 1. The maximum Gasteiger partial charge on any atom is 0.261 e. The largest absolute Gasteiger partial charge is 0.493 e. The van der Waals surface area contributed by atoms with Crippen LogP contribution in [0.25, 0.3) is 10.9 Å². The lowest BCUT2D eigenvalue weighted by Gasteiger charge is -2.20. The lowest BCUT2D eigenvalue weighted by Crippen LogP contribution is -2.29. The molecule has 0 aliphatic heterocycles. The van der Waals surface area contributed by atoms with Crippen molar-refractivity contribution in [1.29, 1.82) is 0 Å². The van der Waals surface area contributed by atoms with Gasteiger partial charge in [0.05, 0.1) is 37.5 Å². The van der Waals surface area contributed by atoms with Gasteiger partial charge in [0.1, 0.15) is 0 Å². The Morgan fingerprint density at radius 2 is 1.66 bits per heavy atom. The van der Waals surface area contributed by atoms with Gasteiger partial charge in [-0.25, -0.2) is 4.98 Å². The maximum absolute atomic E-state index is 13.0. The number of ether oxygens (including phenoxy) is 2. The van der Waals surface area contributed by atoms with E-state index in [1.54, 1.807) is 12.1 Å². The number of hydrogen-bond acceptors (Lipinski definition) is 5. The van der Waals surface area contributed by atoms with Crippen LogP contribution in [0.2, 0.25) is 5.02 Å². The first kappa shape index (κ1) is 24.3. The third-order valence-electron chi connectivity index (χ3n) is 5.77. The van der Waals surface area contributed by atoms with E-state index in [9.17, 15) is 9.59 Å². The Bertz CT molecular complexity index is 1370. The van der Waals surface area contributed by atoms with Crippen LogP contribution in [0.3, 0.4) is 0 Å². The molecule has 0 radical (unpaired) electrons. The number of benzene rings is 3. The molecule has 3 aromatic carbocycles. The normalized spacial score (nSPS) is 11.7. The topological polar surface area (TPSA) is 82.5 Å². The van der Waals surface area contributed by atoms with Crippen LogP contribution in [-0.4, -0.2) is 29.7 Å². The molecule has 1 aromatic heterocycles. The number of carbonyl (C=O) groups excluding carboxylic acids is 1. The Kier molecular flexibility index (Phi) is 7.67. The molecule has 180 valence electrons. The highest BCUT2D eigenvalue weighted by molar-refractivity contribution is 6.30. The number of halogens is 1. The van der Waals surface area contributed by atoms with Crippen molar-refractivity contribution in [3.8, 4) is 11.5 Å². The monoisotopic (exact) mass is 491 g/mol. The van der Waals surface area contributed by atoms with E-state index in [1.807, 2.05) is 54.6 Å². The van der Waals surface area contributed by atoms with Gasteiger partial charge in [-0.1, -0.05) is 54.1 Å². The van der Waals surface area contributed by atoms with Crippen LogP contribution < -0.4 is 20.3 Å². The molecular weight excluding hydrogens is 466 g/mol. The molecule has 0 bridgehead atoms. The predicted molar refractivity (Wildman–Crippen MR) is 136 cm³/mol. The van der Waals surface area contributed by atoms with Crippen LogP contribution in [0, 0.1) is 0 Å². The quantitative estimate of drug-likeness (QED) is 0.365. The average Bonchev–Trinajstić information content (AvgIpc) is 2.89. The minimum atomic E-state index is -0.298. The highest BCUT2D eigenvalue weighted by Gasteiger charge is 2.17. The van der Waals surface area contributed by atoms with Crippen LogP contribution in [-0.2, 0) is 11.3 Å². The minimum absolute atomic E-state index is 0.109. The zero-order valence-electron chi connectivity index (χ0n) is 19.5. The molecule has 8 heteroatoms. The standard InChI is InChI=1S/C27H26ClN3O4/c1-34-23-15-21-22(16-24(23)35-2)29-17-31(27(21)33)14-6-9-25(32)30-26(18-7-4-3-5-8-18)19-10-12-20(28)13-11-19/h3-5,7-8,10-13,15-17,26H,6,9,14H2,1-2H3,(H,30,32). The molecule has 1 atom stereocenters. The molecule has 35 heavy (non-hydrogen) atoms. The summed E-state index contributed by atoms with van der Waals surface area (Å²) in [5, 5.41) is 4.18. The van der Waals surface area contributed by atoms with Crippen molar-refractivity contribution in [1.82, 2.24) is 14.9 Å². The number of rotatable bonds is 9. The fourth-order valence-electron chi connectivity index (χ4n) is 3.95. The highest BCUT2D eigenvalue weighted by atomic mass is 35.5. The molecule has 0 saturated heterocycles. The molecule has 4 aromatic rings. The second kappa shape index (κ2) is 11.1. The maximum atomic E-state index is 13.0. The lowest BCUT2D eigenvalue weighted by atomic mass is 9.98. The van der Waals surface area contributed by atoms with Crippen LogP contribution in [0.15, 0.2) is 77.9 Å². The Hall–Kier alpha value is -3.84. The molecule has 0 spiro atoms. The summed E-state index contributed by atoms with van der Waals surface area (Å²) < 4.78 is 12.1. The predicted octanol–water partition coefficient (Wildman–Crippen LogP) is 4.75. The molecule has 7 nitrogen and oxygen atoms in total. The Labute approximate surface area is 208 Å². The number of nitrogens with one attached hydrogen (secondary N) is 1. The third kappa shape index (κ3) is 5.63. The second-order valence-corrected chi connectivity index (χ2v) is 8.47. The lowest BCUT2D eigenvalue weighted by molar-refractivity contribution is -0.121. The number of amides is 1. The van der Waals surface area contributed by atoms with Crippen LogP contribution in [0.4, 0.5) is 0 Å². The zero-order chi connectivity index (χ0) is 24.8. The fourth-order valence-corrected chi connectivity index (χ4v) is 4.07. The van der Waals surface area contributed by atoms with Crippen molar-refractivity contribution in [2.45, 2.75) is 25.4 Å². The number of hydrogen-bond donors (Lipinski definition) is 1. The van der Waals surface area contributed by atoms with Gasteiger partial charge in [0.15, 0.2) is 11.5 Å². The zero-order valence-corrected chi connectivity index (χ0v) is 20.3. The number of carbonyl (C=O) groups is 1. The summed E-state index contributed by atoms with van der Waals surface area (Å²) >= 11 is 6.04. The summed E-state index contributed by atoms with van der Waals surface area (Å²) in [5.74, 6) is 0.863. The smallest absolute Gasteiger partial charge is 0.261 e. The van der Waals surface area contributed by atoms with Gasteiger partial charge in [-0.2, -0.15) is 0 Å². The van der Waals surface area contributed by atoms with Crippen LogP contribution >= 0.6 is 11.6 Å². The molecule has 1 amide bonds. The summed E-state index contributed by atoms with van der Waals surface area (Å²) in [7, 11) is 3.05. The van der Waals surface area contributed by atoms with E-state index in [4.69, 9.17) is 21.1 Å². The molecule has 1 N–H and O–H groups in total. The van der Waals surface area contributed by atoms with E-state index >= 15 is 0 Å². The van der Waals surface area contributed by atoms with Gasteiger partial charge >= 0.3 is 0 Å². The number of aromatic nitrogens is 2. The van der Waals surface area contributed by atoms with E-state index < -0.39 is 0 Å². The van der Waals surface area contributed by atoms with Gasteiger partial charge in [0.2, 0.25) is 5.91 Å². The first-order valence-corrected chi connectivity index (χ1v) is 11.6. The summed E-state index contributed by atoms with van der Waals surface area (Å²) in [6.45, 7) is 0.362. The van der Waals surface area contributed by atoms with Crippen molar-refractivity contribution >= 4 is 28.4 Å². The first-order valence-electron chi connectivity index (χ1n) is 11.2. The Morgan fingerprint density at radius 1 is 1.00 bits per heavy atom. The molecule has 4 rings (SSSR count). The first-order chi connectivity index (χ1) is 17.0. The second-order valence-electron chi connectivity index (χ2n) is 8.03. The Balaban J connectivity index is 1.45. The van der Waals surface area contributed by atoms with Gasteiger partial charge in [0, 0.05) is 24.1 Å². The summed E-state index contributed by atoms with van der Waals surface area (Å²) in [6.07, 6.45) is 2.23. The Morgan fingerprint density at radius 3 is 2.34 bits per heavy atom. The molecular formula is C27H26ClN3O4. The molecule has 0 aliphatic carbocycles. The molecule has 0 saturated carbocycles. The van der Waals surface area contributed by atoms with Gasteiger partial charge in [-0.3, -0.25) is 14.2 Å². The SMILES string of the molecule is COc1cc2ncn(CCCC(=O)NC(c3ccccc3)c3ccc(Cl)cc3)c(=O)c2cc1OC. The van der Waals surface area contributed by atoms with E-state index in [1.165, 1.54) is 25.1 Å². The van der Waals surface area contributed by atoms with E-state index in [0.29, 0.717) is 40.4 Å². The minimum Gasteiger partial charge on any atom is -0.493 e. The van der Waals surface area contributed by atoms with E-state index in [2.05, 4.69) is 10.3 Å². The number of fused-ring (bicyclic) bond motifs is 1. The summed E-state index contributed by atoms with van der Waals surface area (Å²) in [5.41, 5.74) is 2.24. The van der Waals surface area contributed by atoms with E-state index in [0.717, 1.165) is 11.1 Å². The summed E-state index contributed by atoms with van der Waals surface area (Å²) in [6, 6.07) is 20.2. The van der Waals surface area contributed by atoms with Gasteiger partial charge in [-0.15, -0.1) is 0 Å². The van der Waals surface area contributed by atoms with Crippen molar-refractivity contribution in [3.05, 3.63) is 99.6 Å². The van der Waals surface area contributed by atoms with Crippen LogP contribution in [0.5, 0.6) is 11.5 Å². The van der Waals surface area contributed by atoms with Crippen molar-refractivity contribution < 1.29 is 14.3 Å². The summed E-state index contributed by atoms with van der Waals surface area (Å²) in [4.78, 5) is 30.2. The number of methoxy groups -OCH3 is 2. The highest BCUT2D eigenvalue weighted by Crippen LogP contribution is 2.30. The van der Waals surface area contributed by atoms with E-state index in [-0.39, 0.29) is 23.9 Å². The fraction of sp³-hybridized carbons (Fsp3) is 0.222. The van der Waals surface area contributed by atoms with Crippen molar-refractivity contribution in [3.63, 3.8) is 0 Å².